The van der Waals surface area contributed by atoms with Crippen LogP contribution in [0.5, 0.6) is 0 Å². The molecule has 0 aliphatic carbocycles. The molecule has 0 aliphatic rings. The normalized spacial score (nSPS) is 12.5. The van der Waals surface area contributed by atoms with E-state index < -0.39 is 5.97 Å². The molecule has 3 nitrogen and oxygen atoms in total. The number of ketones is 1. The van der Waals surface area contributed by atoms with Crippen molar-refractivity contribution in [2.45, 2.75) is 19.8 Å². The third kappa shape index (κ3) is 5.91. The first-order chi connectivity index (χ1) is 5.06. The third-order valence-electron chi connectivity index (χ3n) is 1.28. The quantitative estimate of drug-likeness (QED) is 0.614. The first kappa shape index (κ1) is 10.5. The van der Waals surface area contributed by atoms with Crippen LogP contribution in [0.15, 0.2) is 0 Å². The summed E-state index contributed by atoms with van der Waals surface area (Å²) in [6, 6.07) is 0. The van der Waals surface area contributed by atoms with Crippen molar-refractivity contribution < 1.29 is 14.7 Å². The number of carbonyl (C=O) groups is 2. The SMILES string of the molecule is C[C@H](CC(=O)O)CC(=O)CS. The molecule has 0 saturated heterocycles. The Balaban J connectivity index is 3.60. The first-order valence-corrected chi connectivity index (χ1v) is 4.04. The molecule has 1 N–H and O–H groups in total. The van der Waals surface area contributed by atoms with Crippen LogP contribution in [-0.4, -0.2) is 22.6 Å². The molecule has 1 atom stereocenters. The largest absolute Gasteiger partial charge is 0.481 e. The second-order valence-corrected chi connectivity index (χ2v) is 2.92. The molecular formula is C7H12O3S. The minimum Gasteiger partial charge on any atom is -0.481 e. The van der Waals surface area contributed by atoms with Gasteiger partial charge < -0.3 is 5.11 Å². The zero-order valence-electron chi connectivity index (χ0n) is 6.41. The van der Waals surface area contributed by atoms with Crippen LogP contribution in [0, 0.1) is 5.92 Å². The highest BCUT2D eigenvalue weighted by Crippen LogP contribution is 2.07. The highest BCUT2D eigenvalue weighted by molar-refractivity contribution is 7.81. The second kappa shape index (κ2) is 5.18. The first-order valence-electron chi connectivity index (χ1n) is 3.40. The zero-order valence-corrected chi connectivity index (χ0v) is 7.30. The van der Waals surface area contributed by atoms with Gasteiger partial charge in [-0.3, -0.25) is 9.59 Å². The Labute approximate surface area is 71.2 Å². The van der Waals surface area contributed by atoms with Crippen molar-refractivity contribution in [1.82, 2.24) is 0 Å². The van der Waals surface area contributed by atoms with Gasteiger partial charge in [-0.15, -0.1) is 0 Å². The Hall–Kier alpha value is -0.510. The van der Waals surface area contributed by atoms with Gasteiger partial charge in [-0.05, 0) is 5.92 Å². The van der Waals surface area contributed by atoms with Gasteiger partial charge >= 0.3 is 5.97 Å². The molecule has 0 unspecified atom stereocenters. The third-order valence-corrected chi connectivity index (χ3v) is 1.63. The molecule has 0 aromatic heterocycles. The maximum Gasteiger partial charge on any atom is 0.303 e. The van der Waals surface area contributed by atoms with E-state index in [2.05, 4.69) is 12.6 Å². The topological polar surface area (TPSA) is 54.4 Å². The lowest BCUT2D eigenvalue weighted by molar-refractivity contribution is -0.138. The minimum atomic E-state index is -0.857. The minimum absolute atomic E-state index is 0.00193. The van der Waals surface area contributed by atoms with Crippen LogP contribution in [0.3, 0.4) is 0 Å². The highest BCUT2D eigenvalue weighted by atomic mass is 32.1. The fourth-order valence-corrected chi connectivity index (χ4v) is 0.953. The van der Waals surface area contributed by atoms with E-state index in [1.807, 2.05) is 0 Å². The molecule has 0 amide bonds. The standard InChI is InChI=1S/C7H12O3S/c1-5(3-7(9)10)2-6(8)4-11/h5,11H,2-4H2,1H3,(H,9,10)/t5-/m0/s1. The lowest BCUT2D eigenvalue weighted by Gasteiger charge is -2.04. The summed E-state index contributed by atoms with van der Waals surface area (Å²) in [6.45, 7) is 1.75. The van der Waals surface area contributed by atoms with E-state index in [0.29, 0.717) is 6.42 Å². The van der Waals surface area contributed by atoms with Crippen LogP contribution >= 0.6 is 12.6 Å². The van der Waals surface area contributed by atoms with Gasteiger partial charge in [-0.1, -0.05) is 6.92 Å². The Kier molecular flexibility index (Phi) is 4.94. The van der Waals surface area contributed by atoms with Crippen LogP contribution in [0.25, 0.3) is 0 Å². The van der Waals surface area contributed by atoms with E-state index >= 15 is 0 Å². The molecule has 0 bridgehead atoms. The summed E-state index contributed by atoms with van der Waals surface area (Å²) >= 11 is 3.78. The van der Waals surface area contributed by atoms with Crippen LogP contribution < -0.4 is 0 Å². The molecule has 0 heterocycles. The summed E-state index contributed by atoms with van der Waals surface area (Å²) in [7, 11) is 0. The van der Waals surface area contributed by atoms with Crippen molar-refractivity contribution in [1.29, 1.82) is 0 Å². The Morgan fingerprint density at radius 2 is 2.00 bits per heavy atom. The molecule has 0 aromatic carbocycles. The fraction of sp³-hybridized carbons (Fsp3) is 0.714. The molecule has 0 fully saturated rings. The summed E-state index contributed by atoms with van der Waals surface area (Å²) in [4.78, 5) is 20.9. The fourth-order valence-electron chi connectivity index (χ4n) is 0.823. The molecule has 0 rings (SSSR count). The van der Waals surface area contributed by atoms with Crippen molar-refractivity contribution in [2.24, 2.45) is 5.92 Å². The summed E-state index contributed by atoms with van der Waals surface area (Å²) in [6.07, 6.45) is 0.370. The van der Waals surface area contributed by atoms with Crippen LogP contribution in [0.1, 0.15) is 19.8 Å². The number of carboxylic acids is 1. The second-order valence-electron chi connectivity index (χ2n) is 2.60. The number of Topliss-reactive ketones (excluding diaryl/α,β-unsaturated/α-hetero) is 1. The van der Waals surface area contributed by atoms with E-state index in [1.54, 1.807) is 6.92 Å². The number of rotatable bonds is 5. The molecule has 0 aromatic rings. The van der Waals surface area contributed by atoms with E-state index in [0.717, 1.165) is 0 Å². The molecule has 0 radical (unpaired) electrons. The van der Waals surface area contributed by atoms with Gasteiger partial charge in [0.2, 0.25) is 0 Å². The van der Waals surface area contributed by atoms with Gasteiger partial charge in [0.05, 0.1) is 0 Å². The molecule has 64 valence electrons. The number of thiol groups is 1. The van der Waals surface area contributed by atoms with Crippen molar-refractivity contribution in [3.05, 3.63) is 0 Å². The molecule has 0 spiro atoms. The van der Waals surface area contributed by atoms with Crippen molar-refractivity contribution >= 4 is 24.4 Å². The van der Waals surface area contributed by atoms with Crippen molar-refractivity contribution in [2.75, 3.05) is 5.75 Å². The van der Waals surface area contributed by atoms with Crippen LogP contribution in [0.4, 0.5) is 0 Å². The molecular weight excluding hydrogens is 164 g/mol. The lowest BCUT2D eigenvalue weighted by atomic mass is 10.0. The van der Waals surface area contributed by atoms with E-state index in [-0.39, 0.29) is 23.9 Å². The monoisotopic (exact) mass is 176 g/mol. The molecule has 11 heavy (non-hydrogen) atoms. The van der Waals surface area contributed by atoms with Gasteiger partial charge in [0.25, 0.3) is 0 Å². The summed E-state index contributed by atoms with van der Waals surface area (Å²) in [5, 5.41) is 8.34. The Morgan fingerprint density at radius 1 is 1.45 bits per heavy atom. The Bertz CT molecular complexity index is 156. The number of carbonyl (C=O) groups excluding carboxylic acids is 1. The molecule has 4 heteroatoms. The van der Waals surface area contributed by atoms with Gasteiger partial charge in [-0.2, -0.15) is 12.6 Å². The molecule has 0 saturated carbocycles. The van der Waals surface area contributed by atoms with E-state index in [4.69, 9.17) is 5.11 Å². The number of hydrogen-bond acceptors (Lipinski definition) is 3. The Morgan fingerprint density at radius 3 is 2.36 bits per heavy atom. The van der Waals surface area contributed by atoms with Gasteiger partial charge in [0, 0.05) is 18.6 Å². The van der Waals surface area contributed by atoms with Crippen LogP contribution in [0.2, 0.25) is 0 Å². The van der Waals surface area contributed by atoms with Gasteiger partial charge in [0.15, 0.2) is 0 Å². The number of hydrogen-bond donors (Lipinski definition) is 2. The number of carboxylic acid groups (broad SMARTS) is 1. The maximum absolute atomic E-state index is 10.7. The predicted molar refractivity (Wildman–Crippen MR) is 44.9 cm³/mol. The lowest BCUT2D eigenvalue weighted by Crippen LogP contribution is -2.10. The summed E-state index contributed by atoms with van der Waals surface area (Å²) in [5.41, 5.74) is 0. The molecule has 0 aliphatic heterocycles. The van der Waals surface area contributed by atoms with E-state index in [1.165, 1.54) is 0 Å². The predicted octanol–water partition coefficient (Wildman–Crippen LogP) is 0.986. The summed E-state index contributed by atoms with van der Waals surface area (Å²) < 4.78 is 0. The highest BCUT2D eigenvalue weighted by Gasteiger charge is 2.10. The van der Waals surface area contributed by atoms with Gasteiger partial charge in [0.1, 0.15) is 5.78 Å². The van der Waals surface area contributed by atoms with Crippen LogP contribution in [-0.2, 0) is 9.59 Å². The van der Waals surface area contributed by atoms with Crippen molar-refractivity contribution in [3.63, 3.8) is 0 Å². The van der Waals surface area contributed by atoms with Crippen molar-refractivity contribution in [3.8, 4) is 0 Å². The average molecular weight is 176 g/mol. The van der Waals surface area contributed by atoms with Gasteiger partial charge in [-0.25, -0.2) is 0 Å². The number of aliphatic carboxylic acids is 1. The summed E-state index contributed by atoms with van der Waals surface area (Å²) in [5.74, 6) is -0.733. The zero-order chi connectivity index (χ0) is 8.85. The maximum atomic E-state index is 10.7. The van der Waals surface area contributed by atoms with E-state index in [9.17, 15) is 9.59 Å². The smallest absolute Gasteiger partial charge is 0.303 e. The average Bonchev–Trinajstić information content (AvgIpc) is 1.85.